The molecule has 0 spiro atoms. The number of piperidine rings is 1. The maximum atomic E-state index is 12.8. The number of piperazine rings is 1. The SMILES string of the molecule is CS(=O)(=O)N1CCCCC1C(=O)N1CCN(c2nccs2)CC1. The first kappa shape index (κ1) is 16.7. The van der Waals surface area contributed by atoms with E-state index in [1.807, 2.05) is 5.38 Å². The van der Waals surface area contributed by atoms with Crippen LogP contribution >= 0.6 is 11.3 Å². The van der Waals surface area contributed by atoms with Gasteiger partial charge in [0.1, 0.15) is 6.04 Å². The third-order valence-electron chi connectivity index (χ3n) is 4.45. The number of amides is 1. The second-order valence-electron chi connectivity index (χ2n) is 6.01. The highest BCUT2D eigenvalue weighted by molar-refractivity contribution is 7.88. The second-order valence-corrected chi connectivity index (χ2v) is 8.82. The molecule has 1 amide bonds. The van der Waals surface area contributed by atoms with E-state index in [0.29, 0.717) is 26.1 Å². The Labute approximate surface area is 140 Å². The highest BCUT2D eigenvalue weighted by Gasteiger charge is 2.37. The summed E-state index contributed by atoms with van der Waals surface area (Å²) in [4.78, 5) is 21.1. The van der Waals surface area contributed by atoms with Crippen molar-refractivity contribution in [2.45, 2.75) is 25.3 Å². The second kappa shape index (κ2) is 6.74. The monoisotopic (exact) mass is 358 g/mol. The maximum absolute atomic E-state index is 12.8. The molecule has 1 aromatic heterocycles. The van der Waals surface area contributed by atoms with Crippen LogP contribution in [-0.4, -0.2) is 73.5 Å². The number of carbonyl (C=O) groups excluding carboxylic acids is 1. The van der Waals surface area contributed by atoms with Crippen LogP contribution in [0.1, 0.15) is 19.3 Å². The van der Waals surface area contributed by atoms with E-state index < -0.39 is 16.1 Å². The van der Waals surface area contributed by atoms with E-state index >= 15 is 0 Å². The van der Waals surface area contributed by atoms with Gasteiger partial charge in [-0.1, -0.05) is 6.42 Å². The summed E-state index contributed by atoms with van der Waals surface area (Å²) in [5.74, 6) is -0.0473. The van der Waals surface area contributed by atoms with E-state index in [9.17, 15) is 13.2 Å². The molecule has 128 valence electrons. The van der Waals surface area contributed by atoms with Crippen molar-refractivity contribution in [1.29, 1.82) is 0 Å². The standard InChI is InChI=1S/C14H22N4O3S2/c1-23(20,21)18-6-3-2-4-12(18)13(19)16-7-9-17(10-8-16)14-15-5-11-22-14/h5,11-12H,2-4,6-10H2,1H3. The van der Waals surface area contributed by atoms with Gasteiger partial charge < -0.3 is 9.80 Å². The Balaban J connectivity index is 1.64. The first-order chi connectivity index (χ1) is 11.0. The quantitative estimate of drug-likeness (QED) is 0.791. The van der Waals surface area contributed by atoms with Crippen LogP contribution < -0.4 is 4.90 Å². The van der Waals surface area contributed by atoms with Crippen LogP contribution in [0, 0.1) is 0 Å². The number of aromatic nitrogens is 1. The zero-order valence-electron chi connectivity index (χ0n) is 13.2. The van der Waals surface area contributed by atoms with Gasteiger partial charge in [0.05, 0.1) is 6.26 Å². The van der Waals surface area contributed by atoms with Crippen LogP contribution in [0.25, 0.3) is 0 Å². The number of anilines is 1. The smallest absolute Gasteiger partial charge is 0.241 e. The van der Waals surface area contributed by atoms with Gasteiger partial charge in [0.25, 0.3) is 0 Å². The number of nitrogens with zero attached hydrogens (tertiary/aromatic N) is 4. The molecule has 2 saturated heterocycles. The molecule has 0 radical (unpaired) electrons. The number of thiazole rings is 1. The van der Waals surface area contributed by atoms with E-state index in [-0.39, 0.29) is 5.91 Å². The maximum Gasteiger partial charge on any atom is 0.241 e. The predicted molar refractivity (Wildman–Crippen MR) is 90.1 cm³/mol. The van der Waals surface area contributed by atoms with Crippen LogP contribution in [0.2, 0.25) is 0 Å². The normalized spacial score (nSPS) is 24.0. The highest BCUT2D eigenvalue weighted by Crippen LogP contribution is 2.23. The fourth-order valence-corrected chi connectivity index (χ4v) is 5.07. The molecule has 0 N–H and O–H groups in total. The average Bonchev–Trinajstić information content (AvgIpc) is 3.08. The van der Waals surface area contributed by atoms with Gasteiger partial charge in [-0.05, 0) is 12.8 Å². The zero-order chi connectivity index (χ0) is 16.4. The molecule has 3 rings (SSSR count). The largest absolute Gasteiger partial charge is 0.345 e. The molecule has 0 bridgehead atoms. The third-order valence-corrected chi connectivity index (χ3v) is 6.57. The minimum absolute atomic E-state index is 0.0473. The van der Waals surface area contributed by atoms with Gasteiger partial charge in [-0.2, -0.15) is 4.31 Å². The number of sulfonamides is 1. The summed E-state index contributed by atoms with van der Waals surface area (Å²) in [6, 6.07) is -0.523. The molecule has 2 aliphatic rings. The molecule has 23 heavy (non-hydrogen) atoms. The van der Waals surface area contributed by atoms with Gasteiger partial charge in [0, 0.05) is 44.3 Å². The van der Waals surface area contributed by atoms with Crippen molar-refractivity contribution in [3.63, 3.8) is 0 Å². The van der Waals surface area contributed by atoms with Crippen molar-refractivity contribution in [1.82, 2.24) is 14.2 Å². The van der Waals surface area contributed by atoms with E-state index in [1.54, 1.807) is 22.4 Å². The first-order valence-corrected chi connectivity index (χ1v) is 10.6. The van der Waals surface area contributed by atoms with Gasteiger partial charge in [0.15, 0.2) is 5.13 Å². The van der Waals surface area contributed by atoms with E-state index in [1.165, 1.54) is 10.6 Å². The van der Waals surface area contributed by atoms with E-state index in [2.05, 4.69) is 9.88 Å². The van der Waals surface area contributed by atoms with Gasteiger partial charge in [-0.15, -0.1) is 11.3 Å². The Kier molecular flexibility index (Phi) is 4.88. The van der Waals surface area contributed by atoms with Crippen LogP contribution in [0.4, 0.5) is 5.13 Å². The lowest BCUT2D eigenvalue weighted by Crippen LogP contribution is -2.57. The number of hydrogen-bond acceptors (Lipinski definition) is 6. The Hall–Kier alpha value is -1.19. The lowest BCUT2D eigenvalue weighted by atomic mass is 10.0. The Morgan fingerprint density at radius 2 is 1.96 bits per heavy atom. The van der Waals surface area contributed by atoms with Gasteiger partial charge in [0.2, 0.25) is 15.9 Å². The topological polar surface area (TPSA) is 73.8 Å². The van der Waals surface area contributed by atoms with Crippen molar-refractivity contribution in [2.24, 2.45) is 0 Å². The van der Waals surface area contributed by atoms with Crippen molar-refractivity contribution in [3.05, 3.63) is 11.6 Å². The molecule has 9 heteroatoms. The summed E-state index contributed by atoms with van der Waals surface area (Å²) in [7, 11) is -3.34. The molecule has 0 saturated carbocycles. The molecule has 3 heterocycles. The zero-order valence-corrected chi connectivity index (χ0v) is 14.9. The molecule has 1 aromatic rings. The third kappa shape index (κ3) is 3.67. The molecule has 0 aliphatic carbocycles. The molecule has 7 nitrogen and oxygen atoms in total. The molecule has 2 fully saturated rings. The average molecular weight is 358 g/mol. The van der Waals surface area contributed by atoms with Gasteiger partial charge >= 0.3 is 0 Å². The van der Waals surface area contributed by atoms with Gasteiger partial charge in [-0.3, -0.25) is 4.79 Å². The first-order valence-electron chi connectivity index (χ1n) is 7.87. The number of hydrogen-bond donors (Lipinski definition) is 0. The molecule has 2 aliphatic heterocycles. The Bertz CT molecular complexity index is 639. The minimum atomic E-state index is -3.34. The fraction of sp³-hybridized carbons (Fsp3) is 0.714. The lowest BCUT2D eigenvalue weighted by molar-refractivity contribution is -0.136. The Morgan fingerprint density at radius 3 is 2.57 bits per heavy atom. The van der Waals surface area contributed by atoms with Crippen molar-refractivity contribution in [2.75, 3.05) is 43.9 Å². The summed E-state index contributed by atoms with van der Waals surface area (Å²) < 4.78 is 25.2. The Morgan fingerprint density at radius 1 is 1.22 bits per heavy atom. The predicted octanol–water partition coefficient (Wildman–Crippen LogP) is 0.606. The van der Waals surface area contributed by atoms with Crippen LogP contribution in [0.3, 0.4) is 0 Å². The van der Waals surface area contributed by atoms with Gasteiger partial charge in [-0.25, -0.2) is 13.4 Å². The van der Waals surface area contributed by atoms with Crippen molar-refractivity contribution < 1.29 is 13.2 Å². The molecule has 1 unspecified atom stereocenters. The van der Waals surface area contributed by atoms with Crippen LogP contribution in [0.5, 0.6) is 0 Å². The fourth-order valence-electron chi connectivity index (χ4n) is 3.25. The number of rotatable bonds is 3. The van der Waals surface area contributed by atoms with Crippen molar-refractivity contribution >= 4 is 32.4 Å². The van der Waals surface area contributed by atoms with E-state index in [4.69, 9.17) is 0 Å². The summed E-state index contributed by atoms with van der Waals surface area (Å²) in [5.41, 5.74) is 0. The molecule has 1 atom stereocenters. The number of carbonyl (C=O) groups is 1. The highest BCUT2D eigenvalue weighted by atomic mass is 32.2. The lowest BCUT2D eigenvalue weighted by Gasteiger charge is -2.39. The van der Waals surface area contributed by atoms with Crippen LogP contribution in [0.15, 0.2) is 11.6 Å². The minimum Gasteiger partial charge on any atom is -0.345 e. The molecular formula is C14H22N4O3S2. The molecular weight excluding hydrogens is 336 g/mol. The van der Waals surface area contributed by atoms with E-state index in [0.717, 1.165) is 31.1 Å². The summed E-state index contributed by atoms with van der Waals surface area (Å²) in [6.45, 7) is 3.17. The summed E-state index contributed by atoms with van der Waals surface area (Å²) >= 11 is 1.59. The molecule has 0 aromatic carbocycles. The van der Waals surface area contributed by atoms with Crippen LogP contribution in [-0.2, 0) is 14.8 Å². The summed E-state index contributed by atoms with van der Waals surface area (Å²) in [6.07, 6.45) is 5.33. The van der Waals surface area contributed by atoms with Crippen molar-refractivity contribution in [3.8, 4) is 0 Å². The summed E-state index contributed by atoms with van der Waals surface area (Å²) in [5, 5.41) is 2.92.